The van der Waals surface area contributed by atoms with Crippen molar-refractivity contribution in [3.05, 3.63) is 58.3 Å². The maximum atomic E-state index is 14.4. The molecule has 0 saturated carbocycles. The Hall–Kier alpha value is -5.13. The molecule has 1 aromatic heterocycles. The van der Waals surface area contributed by atoms with E-state index in [9.17, 15) is 24.0 Å². The Morgan fingerprint density at radius 1 is 0.891 bits per heavy atom. The number of aromatic nitrogens is 1. The molecule has 0 saturated heterocycles. The summed E-state index contributed by atoms with van der Waals surface area (Å²) in [5.41, 5.74) is -0.387. The van der Waals surface area contributed by atoms with E-state index >= 15 is 0 Å². The number of methoxy groups -OCH3 is 1. The molecule has 1 aliphatic rings. The fourth-order valence-electron chi connectivity index (χ4n) is 6.10. The summed E-state index contributed by atoms with van der Waals surface area (Å²) in [7, 11) is 3.19. The second-order valence-corrected chi connectivity index (χ2v) is 11.8. The highest BCUT2D eigenvalue weighted by Crippen LogP contribution is 2.49. The molecule has 242 valence electrons. The lowest BCUT2D eigenvalue weighted by Gasteiger charge is -2.44. The lowest BCUT2D eigenvalue weighted by atomic mass is 9.86. The number of benzene rings is 3. The van der Waals surface area contributed by atoms with Gasteiger partial charge in [0, 0.05) is 38.8 Å². The monoisotopic (exact) mass is 633 g/mol. The number of pyridine rings is 1. The fourth-order valence-corrected chi connectivity index (χ4v) is 6.10. The molecule has 0 fully saturated rings. The van der Waals surface area contributed by atoms with Crippen LogP contribution in [0.1, 0.15) is 64.0 Å². The van der Waals surface area contributed by atoms with E-state index in [0.717, 1.165) is 10.8 Å². The summed E-state index contributed by atoms with van der Waals surface area (Å²) in [6.45, 7) is 3.30. The van der Waals surface area contributed by atoms with Gasteiger partial charge in [-0.25, -0.2) is 0 Å². The van der Waals surface area contributed by atoms with Crippen LogP contribution < -0.4 is 14.9 Å². The third-order valence-electron chi connectivity index (χ3n) is 8.22. The van der Waals surface area contributed by atoms with E-state index in [1.165, 1.54) is 7.11 Å². The number of hydrogen-bond acceptors (Lipinski definition) is 9. The van der Waals surface area contributed by atoms with Gasteiger partial charge in [0.1, 0.15) is 17.1 Å². The molecule has 1 aliphatic heterocycles. The van der Waals surface area contributed by atoms with E-state index in [1.807, 2.05) is 36.4 Å². The molecule has 0 amide bonds. The zero-order valence-corrected chi connectivity index (χ0v) is 26.0. The lowest BCUT2D eigenvalue weighted by molar-refractivity contribution is -0.190. The van der Waals surface area contributed by atoms with Crippen LogP contribution in [0.25, 0.3) is 32.6 Å². The number of aliphatic carboxylic acids is 2. The molecule has 0 aliphatic carbocycles. The van der Waals surface area contributed by atoms with E-state index in [4.69, 9.17) is 29.2 Å². The topological polar surface area (TPSA) is 168 Å². The molecule has 12 nitrogen and oxygen atoms in total. The maximum absolute atomic E-state index is 14.4. The van der Waals surface area contributed by atoms with Crippen LogP contribution >= 0.6 is 0 Å². The van der Waals surface area contributed by atoms with Crippen molar-refractivity contribution < 1.29 is 48.3 Å². The third kappa shape index (κ3) is 6.07. The number of hydrogen-bond donors (Lipinski definition) is 2. The first-order chi connectivity index (χ1) is 21.8. The van der Waals surface area contributed by atoms with Crippen LogP contribution in [-0.4, -0.2) is 57.5 Å². The van der Waals surface area contributed by atoms with Crippen molar-refractivity contribution in [3.63, 3.8) is 0 Å². The van der Waals surface area contributed by atoms with Crippen LogP contribution in [0.4, 0.5) is 0 Å². The van der Waals surface area contributed by atoms with Gasteiger partial charge < -0.3 is 33.7 Å². The van der Waals surface area contributed by atoms with Crippen molar-refractivity contribution in [2.24, 2.45) is 7.05 Å². The summed E-state index contributed by atoms with van der Waals surface area (Å²) in [6.07, 6.45) is -3.36. The van der Waals surface area contributed by atoms with Gasteiger partial charge >= 0.3 is 23.9 Å². The van der Waals surface area contributed by atoms with Crippen molar-refractivity contribution in [2.45, 2.75) is 70.2 Å². The Bertz CT molecular complexity index is 1940. The zero-order valence-electron chi connectivity index (χ0n) is 26.0. The molecular formula is C34H35NO11. The Kier molecular flexibility index (Phi) is 8.91. The molecule has 12 heteroatoms. The SMILES string of the molecule is COc1cc2c(c3c1c(=O)c1c4ccccc4ccc1n3C)C(OC(=O)CCCC(=O)O)C(OC(=O)CCCC(=O)O)C(C)(C)O2. The Labute approximate surface area is 263 Å². The standard InChI is InChI=1S/C34H35NO11/c1-34(2)33(45-26(41)14-8-12-24(38)39)32(44-25(40)13-7-11-23(36)37)29-22(46-34)17-21(43-4)28-30(29)35(3)20-16-15-18-9-5-6-10-19(18)27(20)31(28)42/h5-6,9-10,15-17,32-33H,7-8,11-14H2,1-4H3,(H,36,37)(H,38,39). The van der Waals surface area contributed by atoms with Crippen LogP contribution in [-0.2, 0) is 35.7 Å². The number of carbonyl (C=O) groups excluding carboxylic acids is 2. The Morgan fingerprint density at radius 2 is 1.52 bits per heavy atom. The minimum atomic E-state index is -1.28. The van der Waals surface area contributed by atoms with Crippen molar-refractivity contribution >= 4 is 56.5 Å². The minimum Gasteiger partial charge on any atom is -0.496 e. The van der Waals surface area contributed by atoms with Crippen LogP contribution in [0.2, 0.25) is 0 Å². The normalized spacial score (nSPS) is 16.9. The van der Waals surface area contributed by atoms with Crippen molar-refractivity contribution in [1.82, 2.24) is 4.57 Å². The molecule has 2 heterocycles. The number of ether oxygens (including phenoxy) is 4. The van der Waals surface area contributed by atoms with E-state index in [2.05, 4.69) is 0 Å². The summed E-state index contributed by atoms with van der Waals surface area (Å²) in [4.78, 5) is 62.7. The predicted octanol–water partition coefficient (Wildman–Crippen LogP) is 5.03. The van der Waals surface area contributed by atoms with Crippen LogP contribution in [0.5, 0.6) is 11.5 Å². The maximum Gasteiger partial charge on any atom is 0.306 e. The third-order valence-corrected chi connectivity index (χ3v) is 8.22. The molecule has 5 rings (SSSR count). The smallest absolute Gasteiger partial charge is 0.306 e. The summed E-state index contributed by atoms with van der Waals surface area (Å²) in [6, 6.07) is 12.8. The van der Waals surface area contributed by atoms with Crippen LogP contribution in [0.15, 0.2) is 47.3 Å². The Balaban J connectivity index is 1.74. The quantitative estimate of drug-likeness (QED) is 0.129. The highest BCUT2D eigenvalue weighted by molar-refractivity contribution is 6.11. The molecule has 0 bridgehead atoms. The molecule has 2 N–H and O–H groups in total. The average molecular weight is 634 g/mol. The molecule has 46 heavy (non-hydrogen) atoms. The van der Waals surface area contributed by atoms with Crippen LogP contribution in [0, 0.1) is 0 Å². The van der Waals surface area contributed by atoms with Gasteiger partial charge in [-0.3, -0.25) is 24.0 Å². The molecule has 3 aromatic carbocycles. The second kappa shape index (κ2) is 12.7. The van der Waals surface area contributed by atoms with Gasteiger partial charge in [-0.05, 0) is 43.5 Å². The molecule has 2 unspecified atom stereocenters. The van der Waals surface area contributed by atoms with Crippen molar-refractivity contribution in [3.8, 4) is 11.5 Å². The highest BCUT2D eigenvalue weighted by Gasteiger charge is 2.50. The first kappa shape index (κ1) is 32.3. The van der Waals surface area contributed by atoms with E-state index in [-0.39, 0.29) is 66.4 Å². The number of carboxylic acid groups (broad SMARTS) is 2. The number of rotatable bonds is 11. The number of nitrogens with zero attached hydrogens (tertiary/aromatic N) is 1. The summed E-state index contributed by atoms with van der Waals surface area (Å²) >= 11 is 0. The summed E-state index contributed by atoms with van der Waals surface area (Å²) in [5.74, 6) is -3.10. The first-order valence-corrected chi connectivity index (χ1v) is 14.9. The van der Waals surface area contributed by atoms with Gasteiger partial charge in [0.15, 0.2) is 12.2 Å². The summed E-state index contributed by atoms with van der Waals surface area (Å²) < 4.78 is 25.8. The molecule has 0 spiro atoms. The number of esters is 2. The van der Waals surface area contributed by atoms with Crippen LogP contribution in [0.3, 0.4) is 0 Å². The molecule has 0 radical (unpaired) electrons. The number of carboxylic acids is 2. The molecule has 2 atom stereocenters. The minimum absolute atomic E-state index is 0.0207. The fraction of sp³-hybridized carbons (Fsp3) is 0.382. The number of carbonyl (C=O) groups is 4. The second-order valence-electron chi connectivity index (χ2n) is 11.8. The van der Waals surface area contributed by atoms with Crippen molar-refractivity contribution in [1.29, 1.82) is 0 Å². The zero-order chi connectivity index (χ0) is 33.3. The van der Waals surface area contributed by atoms with Gasteiger partial charge in [-0.15, -0.1) is 0 Å². The highest BCUT2D eigenvalue weighted by atomic mass is 16.6. The molecule has 4 aromatic rings. The first-order valence-electron chi connectivity index (χ1n) is 14.9. The van der Waals surface area contributed by atoms with Gasteiger partial charge in [0.2, 0.25) is 5.43 Å². The number of fused-ring (bicyclic) bond motifs is 6. The lowest BCUT2D eigenvalue weighted by Crippen LogP contribution is -2.52. The van der Waals surface area contributed by atoms with E-state index in [1.54, 1.807) is 31.5 Å². The molecular weight excluding hydrogens is 598 g/mol. The largest absolute Gasteiger partial charge is 0.496 e. The van der Waals surface area contributed by atoms with E-state index in [0.29, 0.717) is 16.4 Å². The van der Waals surface area contributed by atoms with Gasteiger partial charge in [-0.1, -0.05) is 30.3 Å². The van der Waals surface area contributed by atoms with Gasteiger partial charge in [0.05, 0.1) is 34.5 Å². The number of aryl methyl sites for hydroxylation is 1. The summed E-state index contributed by atoms with van der Waals surface area (Å²) in [5, 5.41) is 20.4. The Morgan fingerprint density at radius 3 is 2.15 bits per heavy atom. The van der Waals surface area contributed by atoms with E-state index < -0.39 is 41.7 Å². The average Bonchev–Trinajstić information content (AvgIpc) is 2.99. The van der Waals surface area contributed by atoms with Crippen molar-refractivity contribution in [2.75, 3.05) is 7.11 Å². The van der Waals surface area contributed by atoms with Gasteiger partial charge in [-0.2, -0.15) is 0 Å². The predicted molar refractivity (Wildman–Crippen MR) is 167 cm³/mol. The van der Waals surface area contributed by atoms with Gasteiger partial charge in [0.25, 0.3) is 0 Å².